The summed E-state index contributed by atoms with van der Waals surface area (Å²) in [5.41, 5.74) is 1.27. The number of halogens is 2. The molecule has 0 saturated carbocycles. The minimum absolute atomic E-state index is 0.0213. The van der Waals surface area contributed by atoms with E-state index in [4.69, 9.17) is 0 Å². The predicted octanol–water partition coefficient (Wildman–Crippen LogP) is 2.90. The lowest BCUT2D eigenvalue weighted by atomic mass is 9.86. The van der Waals surface area contributed by atoms with E-state index in [0.29, 0.717) is 22.4 Å². The molecule has 2 aromatic rings. The zero-order chi connectivity index (χ0) is 18.9. The average Bonchev–Trinajstić information content (AvgIpc) is 3.07. The molecule has 2 aliphatic rings. The van der Waals surface area contributed by atoms with E-state index in [1.165, 1.54) is 16.4 Å². The van der Waals surface area contributed by atoms with Crippen molar-refractivity contribution in [3.8, 4) is 0 Å². The van der Waals surface area contributed by atoms with E-state index in [1.807, 2.05) is 0 Å². The van der Waals surface area contributed by atoms with Gasteiger partial charge < -0.3 is 5.32 Å². The number of sulfonamides is 1. The molecule has 0 saturated heterocycles. The van der Waals surface area contributed by atoms with Crippen molar-refractivity contribution in [3.63, 3.8) is 0 Å². The summed E-state index contributed by atoms with van der Waals surface area (Å²) in [5, 5.41) is 2.73. The molecule has 0 bridgehead atoms. The summed E-state index contributed by atoms with van der Waals surface area (Å²) in [7, 11) is -3.87. The van der Waals surface area contributed by atoms with E-state index < -0.39 is 27.1 Å². The fourth-order valence-electron chi connectivity index (χ4n) is 3.39. The Bertz CT molecular complexity index is 1030. The largest absolute Gasteiger partial charge is 0.325 e. The Balaban J connectivity index is 1.71. The van der Waals surface area contributed by atoms with Crippen LogP contribution in [-0.4, -0.2) is 18.6 Å². The van der Waals surface area contributed by atoms with Crippen LogP contribution in [0.5, 0.6) is 0 Å². The smallest absolute Gasteiger partial charge is 0.243 e. The van der Waals surface area contributed by atoms with Crippen molar-refractivity contribution >= 4 is 21.6 Å². The van der Waals surface area contributed by atoms with Crippen LogP contribution in [0.3, 0.4) is 0 Å². The number of hydrogen-bond donors (Lipinski definition) is 1. The predicted molar refractivity (Wildman–Crippen MR) is 90.9 cm³/mol. The maximum atomic E-state index is 13.4. The van der Waals surface area contributed by atoms with E-state index in [1.54, 1.807) is 19.9 Å². The van der Waals surface area contributed by atoms with Gasteiger partial charge in [-0.25, -0.2) is 17.2 Å². The van der Waals surface area contributed by atoms with Crippen LogP contribution in [0.4, 0.5) is 14.5 Å². The zero-order valence-electron chi connectivity index (χ0n) is 14.1. The van der Waals surface area contributed by atoms with Crippen LogP contribution in [0, 0.1) is 11.6 Å². The first-order valence-corrected chi connectivity index (χ1v) is 9.47. The summed E-state index contributed by atoms with van der Waals surface area (Å²) in [6, 6.07) is 6.56. The number of anilines is 1. The number of hydrogen-bond acceptors (Lipinski definition) is 3. The van der Waals surface area contributed by atoms with Gasteiger partial charge in [-0.05, 0) is 60.9 Å². The molecule has 0 atom stereocenters. The van der Waals surface area contributed by atoms with Crippen LogP contribution in [0.15, 0.2) is 35.2 Å². The molecule has 0 radical (unpaired) electrons. The lowest BCUT2D eigenvalue weighted by Gasteiger charge is -2.19. The third-order valence-corrected chi connectivity index (χ3v) is 6.84. The molecule has 5 nitrogen and oxygen atoms in total. The monoisotopic (exact) mass is 378 g/mol. The van der Waals surface area contributed by atoms with E-state index in [2.05, 4.69) is 5.32 Å². The number of nitrogens with one attached hydrogen (secondary N) is 1. The van der Waals surface area contributed by atoms with Gasteiger partial charge in [0.05, 0.1) is 10.3 Å². The minimum atomic E-state index is -3.87. The normalized spacial score (nSPS) is 18.5. The molecular formula is C18H16F2N2O3S. The molecule has 1 N–H and O–H groups in total. The summed E-state index contributed by atoms with van der Waals surface area (Å²) in [6.07, 6.45) is 0. The summed E-state index contributed by atoms with van der Waals surface area (Å²) < 4.78 is 54.0. The average molecular weight is 378 g/mol. The second-order valence-corrected chi connectivity index (χ2v) is 9.03. The van der Waals surface area contributed by atoms with Gasteiger partial charge in [-0.1, -0.05) is 0 Å². The Morgan fingerprint density at radius 3 is 2.19 bits per heavy atom. The van der Waals surface area contributed by atoms with Crippen LogP contribution in [0.1, 0.15) is 30.5 Å². The fourth-order valence-corrected chi connectivity index (χ4v) is 4.81. The van der Waals surface area contributed by atoms with E-state index in [0.717, 1.165) is 12.1 Å². The Labute approximate surface area is 149 Å². The molecule has 8 heteroatoms. The molecule has 2 heterocycles. The Hall–Kier alpha value is -2.32. The first kappa shape index (κ1) is 17.1. The van der Waals surface area contributed by atoms with Gasteiger partial charge in [-0.3, -0.25) is 4.79 Å². The summed E-state index contributed by atoms with van der Waals surface area (Å²) in [5.74, 6) is -2.18. The lowest BCUT2D eigenvalue weighted by Crippen LogP contribution is -2.28. The maximum absolute atomic E-state index is 13.4. The molecular weight excluding hydrogens is 362 g/mol. The van der Waals surface area contributed by atoms with Crippen molar-refractivity contribution in [2.45, 2.75) is 37.2 Å². The summed E-state index contributed by atoms with van der Waals surface area (Å²) in [4.78, 5) is 12.1. The second-order valence-electron chi connectivity index (χ2n) is 7.09. The van der Waals surface area contributed by atoms with Gasteiger partial charge in [-0.15, -0.1) is 0 Å². The van der Waals surface area contributed by atoms with E-state index in [9.17, 15) is 22.0 Å². The molecule has 0 aromatic heterocycles. The number of carbonyl (C=O) groups is 1. The van der Waals surface area contributed by atoms with Crippen molar-refractivity contribution in [2.24, 2.45) is 0 Å². The van der Waals surface area contributed by atoms with Crippen molar-refractivity contribution in [2.75, 3.05) is 5.32 Å². The highest BCUT2D eigenvalue weighted by atomic mass is 32.2. The van der Waals surface area contributed by atoms with Crippen molar-refractivity contribution in [1.82, 2.24) is 4.31 Å². The first-order chi connectivity index (χ1) is 12.1. The van der Waals surface area contributed by atoms with Crippen molar-refractivity contribution in [1.29, 1.82) is 0 Å². The molecule has 136 valence electrons. The second kappa shape index (κ2) is 5.34. The van der Waals surface area contributed by atoms with Crippen molar-refractivity contribution in [3.05, 3.63) is 58.7 Å². The van der Waals surface area contributed by atoms with Gasteiger partial charge in [-0.2, -0.15) is 4.31 Å². The highest BCUT2D eigenvalue weighted by Gasteiger charge is 2.40. The lowest BCUT2D eigenvalue weighted by molar-refractivity contribution is -0.119. The van der Waals surface area contributed by atoms with Gasteiger partial charge >= 0.3 is 0 Å². The van der Waals surface area contributed by atoms with Gasteiger partial charge in [0.15, 0.2) is 11.6 Å². The Morgan fingerprint density at radius 2 is 1.62 bits per heavy atom. The first-order valence-electron chi connectivity index (χ1n) is 8.03. The number of rotatable bonds is 2. The highest BCUT2D eigenvalue weighted by molar-refractivity contribution is 7.89. The van der Waals surface area contributed by atoms with Crippen LogP contribution in [0.2, 0.25) is 0 Å². The molecule has 0 fully saturated rings. The Morgan fingerprint density at radius 1 is 1.04 bits per heavy atom. The number of nitrogens with zero attached hydrogens (tertiary/aromatic N) is 1. The molecule has 2 aromatic carbocycles. The van der Waals surface area contributed by atoms with Crippen LogP contribution in [0.25, 0.3) is 0 Å². The topological polar surface area (TPSA) is 66.5 Å². The van der Waals surface area contributed by atoms with Gasteiger partial charge in [0, 0.05) is 18.8 Å². The SMILES string of the molecule is CC1(C)C(=O)Nc2ccc(S(=O)(=O)N3Cc4cc(F)c(F)cc4C3)cc21. The zero-order valence-corrected chi connectivity index (χ0v) is 15.0. The highest BCUT2D eigenvalue weighted by Crippen LogP contribution is 2.39. The van der Waals surface area contributed by atoms with Gasteiger partial charge in [0.1, 0.15) is 0 Å². The van der Waals surface area contributed by atoms with Gasteiger partial charge in [0.25, 0.3) is 0 Å². The number of amides is 1. The number of fused-ring (bicyclic) bond motifs is 2. The van der Waals surface area contributed by atoms with E-state index in [-0.39, 0.29) is 23.9 Å². The van der Waals surface area contributed by atoms with Crippen LogP contribution >= 0.6 is 0 Å². The van der Waals surface area contributed by atoms with Crippen molar-refractivity contribution < 1.29 is 22.0 Å². The third-order valence-electron chi connectivity index (χ3n) is 5.05. The third kappa shape index (κ3) is 2.36. The molecule has 4 rings (SSSR count). The molecule has 0 aliphatic carbocycles. The molecule has 26 heavy (non-hydrogen) atoms. The summed E-state index contributed by atoms with van der Waals surface area (Å²) in [6.45, 7) is 3.41. The molecule has 1 amide bonds. The fraction of sp³-hybridized carbons (Fsp3) is 0.278. The molecule has 2 aliphatic heterocycles. The summed E-state index contributed by atoms with van der Waals surface area (Å²) >= 11 is 0. The molecule has 0 unspecified atom stereocenters. The van der Waals surface area contributed by atoms with Crippen LogP contribution in [-0.2, 0) is 33.3 Å². The van der Waals surface area contributed by atoms with Crippen LogP contribution < -0.4 is 5.32 Å². The molecule has 0 spiro atoms. The maximum Gasteiger partial charge on any atom is 0.243 e. The van der Waals surface area contributed by atoms with Gasteiger partial charge in [0.2, 0.25) is 15.9 Å². The minimum Gasteiger partial charge on any atom is -0.325 e. The van der Waals surface area contributed by atoms with E-state index >= 15 is 0 Å². The number of benzene rings is 2. The standard InChI is InChI=1S/C18H16F2N2O3S/c1-18(2)13-7-12(3-4-16(13)21-17(18)23)26(24,25)22-8-10-5-14(19)15(20)6-11(10)9-22/h3-7H,8-9H2,1-2H3,(H,21,23). The Kier molecular flexibility index (Phi) is 3.51. The quantitative estimate of drug-likeness (QED) is 0.874. The number of carbonyl (C=O) groups excluding carboxylic acids is 1.